The van der Waals surface area contributed by atoms with Gasteiger partial charge >= 0.3 is 6.61 Å². The first-order valence-corrected chi connectivity index (χ1v) is 7.32. The van der Waals surface area contributed by atoms with E-state index in [1.165, 1.54) is 31.5 Å². The van der Waals surface area contributed by atoms with E-state index in [0.717, 1.165) is 5.69 Å². The maximum Gasteiger partial charge on any atom is 0.387 e. The van der Waals surface area contributed by atoms with Gasteiger partial charge in [-0.2, -0.15) is 13.9 Å². The molecule has 0 atom stereocenters. The fourth-order valence-electron chi connectivity index (χ4n) is 1.91. The molecule has 6 nitrogen and oxygen atoms in total. The van der Waals surface area contributed by atoms with Crippen molar-refractivity contribution in [3.8, 4) is 11.5 Å². The Bertz CT molecular complexity index is 724. The number of para-hydroxylation sites is 1. The maximum atomic E-state index is 12.3. The second-order valence-corrected chi connectivity index (χ2v) is 4.80. The molecule has 8 heteroatoms. The van der Waals surface area contributed by atoms with Crippen molar-refractivity contribution < 1.29 is 23.0 Å². The molecule has 25 heavy (non-hydrogen) atoms. The molecule has 0 heterocycles. The molecule has 1 amide bonds. The van der Waals surface area contributed by atoms with E-state index in [-0.39, 0.29) is 24.0 Å². The number of amides is 1. The molecule has 2 aromatic carbocycles. The van der Waals surface area contributed by atoms with Gasteiger partial charge in [-0.05, 0) is 35.9 Å². The van der Waals surface area contributed by atoms with Gasteiger partial charge in [0.25, 0.3) is 5.91 Å². The Labute approximate surface area is 143 Å². The van der Waals surface area contributed by atoms with E-state index in [2.05, 4.69) is 20.6 Å². The molecule has 0 bridgehead atoms. The molecule has 0 saturated carbocycles. The lowest BCUT2D eigenvalue weighted by atomic mass is 10.2. The average Bonchev–Trinajstić information content (AvgIpc) is 2.61. The number of rotatable bonds is 8. The molecule has 0 saturated heterocycles. The van der Waals surface area contributed by atoms with Gasteiger partial charge in [-0.3, -0.25) is 4.79 Å². The Hall–Kier alpha value is -3.16. The summed E-state index contributed by atoms with van der Waals surface area (Å²) in [6, 6.07) is 13.6. The Morgan fingerprint density at radius 3 is 2.64 bits per heavy atom. The first-order chi connectivity index (χ1) is 12.1. The average molecular weight is 349 g/mol. The zero-order valence-electron chi connectivity index (χ0n) is 13.4. The Kier molecular flexibility index (Phi) is 6.70. The third-order valence-corrected chi connectivity index (χ3v) is 3.03. The molecule has 2 N–H and O–H groups in total. The molecule has 0 aliphatic carbocycles. The highest BCUT2D eigenvalue weighted by Gasteiger charge is 2.10. The van der Waals surface area contributed by atoms with Crippen molar-refractivity contribution in [2.75, 3.05) is 19.0 Å². The van der Waals surface area contributed by atoms with E-state index < -0.39 is 6.61 Å². The summed E-state index contributed by atoms with van der Waals surface area (Å²) in [5, 5.41) is 6.75. The topological polar surface area (TPSA) is 72.0 Å². The molecule has 0 unspecified atom stereocenters. The zero-order chi connectivity index (χ0) is 18.1. The number of methoxy groups -OCH3 is 1. The van der Waals surface area contributed by atoms with Crippen LogP contribution in [0.2, 0.25) is 0 Å². The lowest BCUT2D eigenvalue weighted by Crippen LogP contribution is -2.25. The summed E-state index contributed by atoms with van der Waals surface area (Å²) < 4.78 is 33.8. The van der Waals surface area contributed by atoms with Crippen LogP contribution in [0.5, 0.6) is 11.5 Å². The number of anilines is 1. The highest BCUT2D eigenvalue weighted by Crippen LogP contribution is 2.28. The molecule has 0 radical (unpaired) electrons. The van der Waals surface area contributed by atoms with Gasteiger partial charge in [-0.1, -0.05) is 18.2 Å². The molecular weight excluding hydrogens is 332 g/mol. The van der Waals surface area contributed by atoms with Crippen molar-refractivity contribution in [1.82, 2.24) is 5.43 Å². The van der Waals surface area contributed by atoms with Crippen LogP contribution in [0.25, 0.3) is 0 Å². The van der Waals surface area contributed by atoms with E-state index in [1.807, 2.05) is 30.3 Å². The largest absolute Gasteiger partial charge is 0.493 e. The molecule has 0 spiro atoms. The number of halogens is 2. The van der Waals surface area contributed by atoms with Crippen molar-refractivity contribution >= 4 is 17.8 Å². The number of hydrogen-bond donors (Lipinski definition) is 2. The summed E-state index contributed by atoms with van der Waals surface area (Å²) >= 11 is 0. The standard InChI is InChI=1S/C17H17F2N3O3/c1-24-15-9-12(7-8-14(15)25-17(18)19)10-21-22-16(23)11-20-13-5-3-2-4-6-13/h2-10,17,20H,11H2,1H3,(H,22,23)/b21-10-. The van der Waals surface area contributed by atoms with E-state index in [0.29, 0.717) is 5.56 Å². The van der Waals surface area contributed by atoms with Crippen LogP contribution in [0.3, 0.4) is 0 Å². The first-order valence-electron chi connectivity index (χ1n) is 7.32. The van der Waals surface area contributed by atoms with Gasteiger partial charge in [-0.25, -0.2) is 5.43 Å². The lowest BCUT2D eigenvalue weighted by molar-refractivity contribution is -0.119. The number of nitrogens with zero attached hydrogens (tertiary/aromatic N) is 1. The van der Waals surface area contributed by atoms with Crippen molar-refractivity contribution in [3.05, 3.63) is 54.1 Å². The number of hydrazone groups is 1. The van der Waals surface area contributed by atoms with Gasteiger partial charge < -0.3 is 14.8 Å². The fraction of sp³-hybridized carbons (Fsp3) is 0.176. The third kappa shape index (κ3) is 6.09. The monoisotopic (exact) mass is 349 g/mol. The molecule has 0 aliphatic rings. The highest BCUT2D eigenvalue weighted by atomic mass is 19.3. The maximum absolute atomic E-state index is 12.3. The minimum absolute atomic E-state index is 0.0613. The number of hydrogen-bond acceptors (Lipinski definition) is 5. The SMILES string of the molecule is COc1cc(/C=N\NC(=O)CNc2ccccc2)ccc1OC(F)F. The molecule has 132 valence electrons. The van der Waals surface area contributed by atoms with Crippen LogP contribution >= 0.6 is 0 Å². The Balaban J connectivity index is 1.87. The van der Waals surface area contributed by atoms with Gasteiger partial charge in [0, 0.05) is 5.69 Å². The summed E-state index contributed by atoms with van der Waals surface area (Å²) in [5.74, 6) is -0.267. The van der Waals surface area contributed by atoms with Crippen LogP contribution in [-0.2, 0) is 4.79 Å². The van der Waals surface area contributed by atoms with E-state index in [4.69, 9.17) is 4.74 Å². The normalized spacial score (nSPS) is 10.7. The Morgan fingerprint density at radius 1 is 1.20 bits per heavy atom. The van der Waals surface area contributed by atoms with Crippen molar-refractivity contribution in [2.24, 2.45) is 5.10 Å². The van der Waals surface area contributed by atoms with Crippen LogP contribution < -0.4 is 20.2 Å². The zero-order valence-corrected chi connectivity index (χ0v) is 13.4. The molecule has 0 aromatic heterocycles. The summed E-state index contributed by atoms with van der Waals surface area (Å²) in [6.45, 7) is -2.88. The fourth-order valence-corrected chi connectivity index (χ4v) is 1.91. The van der Waals surface area contributed by atoms with E-state index >= 15 is 0 Å². The van der Waals surface area contributed by atoms with E-state index in [1.54, 1.807) is 0 Å². The summed E-state index contributed by atoms with van der Waals surface area (Å²) in [5.41, 5.74) is 3.73. The highest BCUT2D eigenvalue weighted by molar-refractivity contribution is 5.84. The minimum atomic E-state index is -2.94. The number of benzene rings is 2. The Morgan fingerprint density at radius 2 is 1.96 bits per heavy atom. The quantitative estimate of drug-likeness (QED) is 0.568. The van der Waals surface area contributed by atoms with Crippen LogP contribution in [0.1, 0.15) is 5.56 Å². The van der Waals surface area contributed by atoms with Crippen LogP contribution in [0.4, 0.5) is 14.5 Å². The predicted molar refractivity (Wildman–Crippen MR) is 90.3 cm³/mol. The summed E-state index contributed by atoms with van der Waals surface area (Å²) in [4.78, 5) is 11.7. The summed E-state index contributed by atoms with van der Waals surface area (Å²) in [7, 11) is 1.34. The predicted octanol–water partition coefficient (Wildman–Crippen LogP) is 2.86. The van der Waals surface area contributed by atoms with Crippen LogP contribution in [0.15, 0.2) is 53.6 Å². The number of carbonyl (C=O) groups excluding carboxylic acids is 1. The van der Waals surface area contributed by atoms with Crippen molar-refractivity contribution in [2.45, 2.75) is 6.61 Å². The van der Waals surface area contributed by atoms with Crippen molar-refractivity contribution in [1.29, 1.82) is 0 Å². The number of alkyl halides is 2. The number of nitrogens with one attached hydrogen (secondary N) is 2. The second-order valence-electron chi connectivity index (χ2n) is 4.80. The molecule has 2 aromatic rings. The van der Waals surface area contributed by atoms with Crippen LogP contribution in [-0.4, -0.2) is 32.4 Å². The summed E-state index contributed by atoms with van der Waals surface area (Å²) in [6.07, 6.45) is 1.37. The third-order valence-electron chi connectivity index (χ3n) is 3.03. The van der Waals surface area contributed by atoms with Gasteiger partial charge in [-0.15, -0.1) is 0 Å². The van der Waals surface area contributed by atoms with Crippen molar-refractivity contribution in [3.63, 3.8) is 0 Å². The smallest absolute Gasteiger partial charge is 0.387 e. The number of ether oxygens (including phenoxy) is 2. The molecular formula is C17H17F2N3O3. The minimum Gasteiger partial charge on any atom is -0.493 e. The molecule has 0 aliphatic heterocycles. The van der Waals surface area contributed by atoms with E-state index in [9.17, 15) is 13.6 Å². The van der Waals surface area contributed by atoms with Gasteiger partial charge in [0.2, 0.25) is 0 Å². The number of carbonyl (C=O) groups is 1. The van der Waals surface area contributed by atoms with Gasteiger partial charge in [0.1, 0.15) is 0 Å². The lowest BCUT2D eigenvalue weighted by Gasteiger charge is -2.10. The molecule has 2 rings (SSSR count). The second kappa shape index (κ2) is 9.21. The molecule has 0 fully saturated rings. The first kappa shape index (κ1) is 18.2. The van der Waals surface area contributed by atoms with Gasteiger partial charge in [0.15, 0.2) is 11.5 Å². The van der Waals surface area contributed by atoms with Crippen LogP contribution in [0, 0.1) is 0 Å². The van der Waals surface area contributed by atoms with Gasteiger partial charge in [0.05, 0.1) is 19.9 Å².